The van der Waals surface area contributed by atoms with Crippen molar-refractivity contribution in [2.75, 3.05) is 19.1 Å². The summed E-state index contributed by atoms with van der Waals surface area (Å²) >= 11 is 2.55. The van der Waals surface area contributed by atoms with E-state index in [0.29, 0.717) is 16.2 Å². The van der Waals surface area contributed by atoms with Crippen LogP contribution in [0.2, 0.25) is 0 Å². The van der Waals surface area contributed by atoms with Gasteiger partial charge < -0.3 is 23.7 Å². The molecule has 2 aromatic heterocycles. The zero-order valence-corrected chi connectivity index (χ0v) is 24.1. The first kappa shape index (κ1) is 31.8. The Labute approximate surface area is 232 Å². The van der Waals surface area contributed by atoms with Crippen LogP contribution in [0, 0.1) is 0 Å². The SMILES string of the molecule is CSc1ncnc2c1ncn2[C@@H](SC)[C@H](OC(C)=O)[C@@H](OC(C)=O)[C@H](OC(C)=O)[C@@H](COC(C)=O)OC(C)=O. The maximum absolute atomic E-state index is 12.3. The van der Waals surface area contributed by atoms with Gasteiger partial charge in [0.25, 0.3) is 0 Å². The second-order valence-electron chi connectivity index (χ2n) is 8.01. The fourth-order valence-corrected chi connectivity index (χ4v) is 5.07. The number of fused-ring (bicyclic) bond motifs is 1. The summed E-state index contributed by atoms with van der Waals surface area (Å²) in [5.74, 6) is -3.88. The highest BCUT2D eigenvalue weighted by atomic mass is 32.2. The number of thioether (sulfide) groups is 2. The lowest BCUT2D eigenvalue weighted by atomic mass is 10.0. The Hall–Kier alpha value is -3.40. The van der Waals surface area contributed by atoms with Gasteiger partial charge in [-0.05, 0) is 12.5 Å². The molecule has 2 rings (SSSR count). The number of carbonyl (C=O) groups excluding carboxylic acids is 5. The maximum atomic E-state index is 12.3. The zero-order chi connectivity index (χ0) is 29.3. The summed E-state index contributed by atoms with van der Waals surface area (Å²) in [7, 11) is 0. The fourth-order valence-electron chi connectivity index (χ4n) is 3.72. The van der Waals surface area contributed by atoms with E-state index in [1.54, 1.807) is 10.8 Å². The van der Waals surface area contributed by atoms with Crippen molar-refractivity contribution in [2.24, 2.45) is 0 Å². The van der Waals surface area contributed by atoms with Gasteiger partial charge in [-0.3, -0.25) is 28.5 Å². The quantitative estimate of drug-likeness (QED) is 0.143. The van der Waals surface area contributed by atoms with Crippen LogP contribution in [-0.2, 0) is 47.7 Å². The highest BCUT2D eigenvalue weighted by molar-refractivity contribution is 7.99. The van der Waals surface area contributed by atoms with Crippen LogP contribution in [0.1, 0.15) is 40.0 Å². The van der Waals surface area contributed by atoms with Crippen molar-refractivity contribution < 1.29 is 47.7 Å². The van der Waals surface area contributed by atoms with Gasteiger partial charge in [0.15, 0.2) is 30.1 Å². The van der Waals surface area contributed by atoms with Gasteiger partial charge in [-0.2, -0.15) is 0 Å². The van der Waals surface area contributed by atoms with E-state index in [9.17, 15) is 24.0 Å². The fraction of sp³-hybridized carbons (Fsp3) is 0.565. The van der Waals surface area contributed by atoms with Crippen molar-refractivity contribution in [2.45, 2.75) is 69.4 Å². The molecule has 0 radical (unpaired) electrons. The first-order chi connectivity index (χ1) is 18.4. The van der Waals surface area contributed by atoms with E-state index in [4.69, 9.17) is 23.7 Å². The minimum absolute atomic E-state index is 0.396. The number of esters is 5. The Morgan fingerprint density at radius 3 is 1.85 bits per heavy atom. The molecule has 0 aliphatic rings. The van der Waals surface area contributed by atoms with E-state index in [0.717, 1.165) is 34.6 Å². The minimum atomic E-state index is -1.56. The van der Waals surface area contributed by atoms with Crippen molar-refractivity contribution in [1.82, 2.24) is 19.5 Å². The van der Waals surface area contributed by atoms with Gasteiger partial charge in [0.05, 0.1) is 6.33 Å². The summed E-state index contributed by atoms with van der Waals surface area (Å²) < 4.78 is 28.7. The minimum Gasteiger partial charge on any atom is -0.462 e. The summed E-state index contributed by atoms with van der Waals surface area (Å²) in [4.78, 5) is 73.2. The first-order valence-corrected chi connectivity index (χ1v) is 14.0. The zero-order valence-electron chi connectivity index (χ0n) is 22.4. The van der Waals surface area contributed by atoms with Crippen LogP contribution in [-0.4, -0.2) is 92.9 Å². The van der Waals surface area contributed by atoms with E-state index in [1.807, 2.05) is 6.26 Å². The van der Waals surface area contributed by atoms with Gasteiger partial charge in [-0.15, -0.1) is 23.5 Å². The molecule has 5 atom stereocenters. The highest BCUT2D eigenvalue weighted by Gasteiger charge is 2.47. The number of nitrogens with zero attached hydrogens (tertiary/aromatic N) is 4. The van der Waals surface area contributed by atoms with Gasteiger partial charge in [0, 0.05) is 34.6 Å². The molecule has 39 heavy (non-hydrogen) atoms. The molecule has 16 heteroatoms. The molecule has 2 heterocycles. The van der Waals surface area contributed by atoms with Crippen molar-refractivity contribution in [3.05, 3.63) is 12.7 Å². The molecule has 0 saturated heterocycles. The van der Waals surface area contributed by atoms with Gasteiger partial charge in [0.1, 0.15) is 28.9 Å². The average Bonchev–Trinajstić information content (AvgIpc) is 3.27. The third-order valence-corrected chi connectivity index (χ3v) is 6.67. The first-order valence-electron chi connectivity index (χ1n) is 11.5. The van der Waals surface area contributed by atoms with Crippen LogP contribution >= 0.6 is 23.5 Å². The topological polar surface area (TPSA) is 175 Å². The van der Waals surface area contributed by atoms with E-state index in [-0.39, 0.29) is 0 Å². The number of aromatic nitrogens is 4. The van der Waals surface area contributed by atoms with Gasteiger partial charge in [-0.25, -0.2) is 15.0 Å². The van der Waals surface area contributed by atoms with Crippen LogP contribution in [0.3, 0.4) is 0 Å². The molecule has 14 nitrogen and oxygen atoms in total. The highest BCUT2D eigenvalue weighted by Crippen LogP contribution is 2.35. The summed E-state index contributed by atoms with van der Waals surface area (Å²) in [6.07, 6.45) is 0.490. The molecule has 0 amide bonds. The standard InChI is InChI=1S/C23H30N4O10S2/c1-11(28)33-8-16(34-12(2)29)18(35-13(3)30)19(36-14(4)31)20(37-15(5)32)23(39-7)27-10-26-17-21(27)24-9-25-22(17)38-6/h9-10,16,18-20,23H,8H2,1-7H3/t16-,18-,19+,20-,23+/m1/s1. The van der Waals surface area contributed by atoms with E-state index in [2.05, 4.69) is 15.0 Å². The van der Waals surface area contributed by atoms with Crippen molar-refractivity contribution in [3.63, 3.8) is 0 Å². The number of imidazole rings is 1. The Morgan fingerprint density at radius 1 is 0.769 bits per heavy atom. The van der Waals surface area contributed by atoms with Gasteiger partial charge >= 0.3 is 29.8 Å². The number of ether oxygens (including phenoxy) is 5. The van der Waals surface area contributed by atoms with Crippen molar-refractivity contribution in [3.8, 4) is 0 Å². The molecule has 0 spiro atoms. The lowest BCUT2D eigenvalue weighted by Gasteiger charge is -2.38. The van der Waals surface area contributed by atoms with Crippen LogP contribution < -0.4 is 0 Å². The van der Waals surface area contributed by atoms with Gasteiger partial charge in [0.2, 0.25) is 0 Å². The number of rotatable bonds is 13. The lowest BCUT2D eigenvalue weighted by Crippen LogP contribution is -2.54. The van der Waals surface area contributed by atoms with Crippen LogP contribution in [0.5, 0.6) is 0 Å². The molecule has 0 aromatic carbocycles. The van der Waals surface area contributed by atoms with Crippen LogP contribution in [0.4, 0.5) is 0 Å². The van der Waals surface area contributed by atoms with E-state index >= 15 is 0 Å². The van der Waals surface area contributed by atoms with Crippen LogP contribution in [0.25, 0.3) is 11.2 Å². The monoisotopic (exact) mass is 586 g/mol. The largest absolute Gasteiger partial charge is 0.462 e. The van der Waals surface area contributed by atoms with Crippen LogP contribution in [0.15, 0.2) is 17.7 Å². The molecule has 0 aliphatic heterocycles. The Kier molecular flexibility index (Phi) is 12.0. The normalized spacial score (nSPS) is 14.8. The maximum Gasteiger partial charge on any atom is 0.303 e. The summed E-state index contributed by atoms with van der Waals surface area (Å²) in [6.45, 7) is 5.04. The molecule has 0 unspecified atom stereocenters. The van der Waals surface area contributed by atoms with E-state index < -0.39 is 66.2 Å². The molecular weight excluding hydrogens is 556 g/mol. The Morgan fingerprint density at radius 2 is 1.33 bits per heavy atom. The third-order valence-electron chi connectivity index (χ3n) is 5.00. The molecule has 2 aromatic rings. The molecule has 0 N–H and O–H groups in total. The number of hydrogen-bond donors (Lipinski definition) is 0. The van der Waals surface area contributed by atoms with Crippen molar-refractivity contribution in [1.29, 1.82) is 0 Å². The molecular formula is C23H30N4O10S2. The van der Waals surface area contributed by atoms with Crippen molar-refractivity contribution >= 4 is 64.5 Å². The molecule has 0 bridgehead atoms. The smallest absolute Gasteiger partial charge is 0.303 e. The summed E-state index contributed by atoms with van der Waals surface area (Å²) in [6, 6.07) is 0. The number of hydrogen-bond acceptors (Lipinski definition) is 15. The predicted molar refractivity (Wildman–Crippen MR) is 139 cm³/mol. The number of carbonyl (C=O) groups is 5. The molecule has 0 saturated carbocycles. The predicted octanol–water partition coefficient (Wildman–Crippen LogP) is 1.70. The Balaban J connectivity index is 2.74. The average molecular weight is 587 g/mol. The summed E-state index contributed by atoms with van der Waals surface area (Å²) in [5, 5.41) is -0.245. The Bertz CT molecular complexity index is 1210. The lowest BCUT2D eigenvalue weighted by molar-refractivity contribution is -0.203. The second kappa shape index (κ2) is 14.7. The third kappa shape index (κ3) is 8.81. The van der Waals surface area contributed by atoms with Gasteiger partial charge in [-0.1, -0.05) is 0 Å². The summed E-state index contributed by atoms with van der Waals surface area (Å²) in [5.41, 5.74) is 0.881. The molecule has 0 fully saturated rings. The molecule has 0 aliphatic carbocycles. The molecule has 214 valence electrons. The second-order valence-corrected chi connectivity index (χ2v) is 9.76. The van der Waals surface area contributed by atoms with E-state index in [1.165, 1.54) is 36.2 Å².